The van der Waals surface area contributed by atoms with Gasteiger partial charge in [-0.25, -0.2) is 0 Å². The van der Waals surface area contributed by atoms with Crippen molar-refractivity contribution in [2.75, 3.05) is 0 Å². The summed E-state index contributed by atoms with van der Waals surface area (Å²) >= 11 is 0. The van der Waals surface area contributed by atoms with Gasteiger partial charge >= 0.3 is 0 Å². The zero-order valence-electron chi connectivity index (χ0n) is 10.6. The first kappa shape index (κ1) is 14.6. The monoisotopic (exact) mass is 220 g/mol. The smallest absolute Gasteiger partial charge is 0.238 e. The summed E-state index contributed by atoms with van der Waals surface area (Å²) < 4.78 is 0.986. The molecular formula is C12H20N4. The van der Waals surface area contributed by atoms with Crippen LogP contribution in [-0.2, 0) is 0 Å². The number of rotatable bonds is 6. The van der Waals surface area contributed by atoms with Crippen LogP contribution in [0.2, 0.25) is 0 Å². The number of nitriles is 2. The van der Waals surface area contributed by atoms with Gasteiger partial charge in [0.2, 0.25) is 11.1 Å². The molecule has 0 aromatic heterocycles. The summed E-state index contributed by atoms with van der Waals surface area (Å²) in [4.78, 5) is 0. The molecule has 0 radical (unpaired) electrons. The zero-order valence-corrected chi connectivity index (χ0v) is 10.6. The van der Waals surface area contributed by atoms with E-state index in [2.05, 4.69) is 12.1 Å². The predicted octanol–water partition coefficient (Wildman–Crippen LogP) is 3.19. The van der Waals surface area contributed by atoms with Crippen molar-refractivity contribution in [2.45, 2.75) is 64.5 Å². The second-order valence-corrected chi connectivity index (χ2v) is 4.01. The lowest BCUT2D eigenvalue weighted by molar-refractivity contribution is -0.670. The summed E-state index contributed by atoms with van der Waals surface area (Å²) in [5.41, 5.74) is 8.34. The highest BCUT2D eigenvalue weighted by molar-refractivity contribution is 5.06. The minimum absolute atomic E-state index is 0.500. The van der Waals surface area contributed by atoms with E-state index in [4.69, 9.17) is 0 Å². The summed E-state index contributed by atoms with van der Waals surface area (Å²) in [5.74, 6) is 0. The van der Waals surface area contributed by atoms with Crippen LogP contribution >= 0.6 is 0 Å². The standard InChI is InChI=1S/C12H20N4/c1-5-11(6-2,9-13)16(15)12(7-3,8-4)10-14/h5-8H2,1-4H3. The minimum atomic E-state index is -0.957. The van der Waals surface area contributed by atoms with Crippen LogP contribution in [0.15, 0.2) is 0 Å². The topological polar surface area (TPSA) is 72.9 Å². The van der Waals surface area contributed by atoms with Crippen LogP contribution in [0.25, 0.3) is 5.53 Å². The Kier molecular flexibility index (Phi) is 5.11. The molecule has 0 amide bonds. The summed E-state index contributed by atoms with van der Waals surface area (Å²) in [6.45, 7) is 7.40. The van der Waals surface area contributed by atoms with Gasteiger partial charge in [-0.2, -0.15) is 10.5 Å². The lowest BCUT2D eigenvalue weighted by Gasteiger charge is -2.34. The van der Waals surface area contributed by atoms with E-state index in [0.29, 0.717) is 25.7 Å². The Bertz CT molecular complexity index is 292. The lowest BCUT2D eigenvalue weighted by atomic mass is 9.85. The normalized spacial score (nSPS) is 11.6. The second-order valence-electron chi connectivity index (χ2n) is 4.01. The molecule has 0 saturated carbocycles. The van der Waals surface area contributed by atoms with Crippen molar-refractivity contribution in [3.05, 3.63) is 5.53 Å². The van der Waals surface area contributed by atoms with E-state index in [1.165, 1.54) is 0 Å². The maximum atomic E-state index is 10.3. The number of nitrogens with zero attached hydrogens (tertiary/aromatic N) is 4. The first-order chi connectivity index (χ1) is 7.52. The van der Waals surface area contributed by atoms with Gasteiger partial charge in [0.1, 0.15) is 12.1 Å². The van der Waals surface area contributed by atoms with Gasteiger partial charge in [-0.1, -0.05) is 27.7 Å². The molecule has 4 nitrogen and oxygen atoms in total. The Labute approximate surface area is 98.0 Å². The largest absolute Gasteiger partial charge is 0.504 e. The van der Waals surface area contributed by atoms with Gasteiger partial charge in [0.05, 0.1) is 0 Å². The quantitative estimate of drug-likeness (QED) is 0.509. The van der Waals surface area contributed by atoms with Crippen LogP contribution < -0.4 is 0 Å². The Hall–Kier alpha value is -1.42. The van der Waals surface area contributed by atoms with Gasteiger partial charge in [0, 0.05) is 25.7 Å². The van der Waals surface area contributed by atoms with Gasteiger partial charge in [0.15, 0.2) is 0 Å². The van der Waals surface area contributed by atoms with Crippen molar-refractivity contribution in [2.24, 2.45) is 0 Å². The van der Waals surface area contributed by atoms with Gasteiger partial charge in [-0.05, 0) is 0 Å². The predicted molar refractivity (Wildman–Crippen MR) is 61.5 cm³/mol. The molecule has 0 spiro atoms. The van der Waals surface area contributed by atoms with Gasteiger partial charge in [-0.3, -0.25) is 4.70 Å². The van der Waals surface area contributed by atoms with Crippen molar-refractivity contribution < 1.29 is 4.70 Å². The summed E-state index contributed by atoms with van der Waals surface area (Å²) in [5, 5.41) is 18.5. The lowest BCUT2D eigenvalue weighted by Crippen LogP contribution is -2.51. The fraction of sp³-hybridized carbons (Fsp3) is 0.833. The zero-order chi connectivity index (χ0) is 12.8. The van der Waals surface area contributed by atoms with E-state index >= 15 is 0 Å². The summed E-state index contributed by atoms with van der Waals surface area (Å²) in [7, 11) is 0. The van der Waals surface area contributed by atoms with Crippen molar-refractivity contribution in [3.63, 3.8) is 0 Å². The maximum absolute atomic E-state index is 10.3. The molecule has 88 valence electrons. The molecule has 0 bridgehead atoms. The summed E-state index contributed by atoms with van der Waals surface area (Å²) in [6.07, 6.45) is 2.00. The maximum Gasteiger partial charge on any atom is 0.238 e. The first-order valence-electron chi connectivity index (χ1n) is 5.84. The summed E-state index contributed by atoms with van der Waals surface area (Å²) in [6, 6.07) is 4.30. The molecule has 0 aromatic rings. The molecule has 0 aromatic carbocycles. The van der Waals surface area contributed by atoms with E-state index in [9.17, 15) is 16.1 Å². The van der Waals surface area contributed by atoms with E-state index in [-0.39, 0.29) is 0 Å². The molecule has 0 heterocycles. The third kappa shape index (κ3) is 2.07. The second kappa shape index (κ2) is 5.61. The number of hydrogen-bond donors (Lipinski definition) is 0. The van der Waals surface area contributed by atoms with Crippen LogP contribution in [0.4, 0.5) is 0 Å². The SMILES string of the molecule is CCC(C#N)(CC)[N+](=[N-])C(C#N)(CC)CC. The molecule has 0 rings (SSSR count). The average Bonchev–Trinajstić information content (AvgIpc) is 2.35. The van der Waals surface area contributed by atoms with Crippen LogP contribution in [0, 0.1) is 22.7 Å². The molecule has 0 aliphatic rings. The highest BCUT2D eigenvalue weighted by Gasteiger charge is 2.46. The Morgan fingerprint density at radius 3 is 1.25 bits per heavy atom. The van der Waals surface area contributed by atoms with E-state index in [0.717, 1.165) is 4.70 Å². The van der Waals surface area contributed by atoms with Crippen LogP contribution in [0.1, 0.15) is 53.4 Å². The van der Waals surface area contributed by atoms with Gasteiger partial charge < -0.3 is 5.53 Å². The molecule has 0 aliphatic carbocycles. The highest BCUT2D eigenvalue weighted by atomic mass is 15.3. The Morgan fingerprint density at radius 2 is 1.12 bits per heavy atom. The molecule has 0 unspecified atom stereocenters. The fourth-order valence-corrected chi connectivity index (χ4v) is 1.92. The molecule has 16 heavy (non-hydrogen) atoms. The van der Waals surface area contributed by atoms with Gasteiger partial charge in [0.25, 0.3) is 0 Å². The molecule has 0 N–H and O–H groups in total. The molecule has 0 fully saturated rings. The van der Waals surface area contributed by atoms with E-state index in [1.807, 2.05) is 27.7 Å². The molecule has 0 saturated heterocycles. The van der Waals surface area contributed by atoms with Gasteiger partial charge in [-0.15, -0.1) is 0 Å². The van der Waals surface area contributed by atoms with Crippen LogP contribution in [0.3, 0.4) is 0 Å². The van der Waals surface area contributed by atoms with Crippen LogP contribution in [0.5, 0.6) is 0 Å². The third-order valence-corrected chi connectivity index (χ3v) is 3.57. The minimum Gasteiger partial charge on any atom is -0.504 e. The first-order valence-corrected chi connectivity index (χ1v) is 5.84. The Morgan fingerprint density at radius 1 is 0.875 bits per heavy atom. The highest BCUT2D eigenvalue weighted by Crippen LogP contribution is 2.30. The van der Waals surface area contributed by atoms with Crippen molar-refractivity contribution >= 4 is 0 Å². The average molecular weight is 220 g/mol. The van der Waals surface area contributed by atoms with Crippen molar-refractivity contribution in [1.29, 1.82) is 10.5 Å². The number of hydrogen-bond acceptors (Lipinski definition) is 2. The molecule has 0 atom stereocenters. The van der Waals surface area contributed by atoms with E-state index < -0.39 is 11.1 Å². The fourth-order valence-electron chi connectivity index (χ4n) is 1.92. The Balaban J connectivity index is 5.49. The van der Waals surface area contributed by atoms with Crippen LogP contribution in [-0.4, -0.2) is 15.8 Å². The van der Waals surface area contributed by atoms with E-state index in [1.54, 1.807) is 0 Å². The van der Waals surface area contributed by atoms with Crippen molar-refractivity contribution in [1.82, 2.24) is 0 Å². The molecule has 0 aliphatic heterocycles. The van der Waals surface area contributed by atoms with Crippen molar-refractivity contribution in [3.8, 4) is 12.1 Å². The molecule has 4 heteroatoms. The third-order valence-electron chi connectivity index (χ3n) is 3.57. The molecular weight excluding hydrogens is 200 g/mol.